The summed E-state index contributed by atoms with van der Waals surface area (Å²) in [6.07, 6.45) is 0. The fourth-order valence-corrected chi connectivity index (χ4v) is 2.34. The summed E-state index contributed by atoms with van der Waals surface area (Å²) in [4.78, 5) is 12.4. The van der Waals surface area contributed by atoms with Crippen LogP contribution in [0, 0.1) is 0 Å². The van der Waals surface area contributed by atoms with E-state index in [4.69, 9.17) is 34.8 Å². The second kappa shape index (κ2) is 7.03. The lowest BCUT2D eigenvalue weighted by atomic mass is 10.1. The Morgan fingerprint density at radius 2 is 1.67 bits per heavy atom. The lowest BCUT2D eigenvalue weighted by Gasteiger charge is -2.12. The average Bonchev–Trinajstić information content (AvgIpc) is 2.45. The van der Waals surface area contributed by atoms with Gasteiger partial charge in [0.1, 0.15) is 0 Å². The van der Waals surface area contributed by atoms with Crippen molar-refractivity contribution in [1.29, 1.82) is 0 Å². The fourth-order valence-electron chi connectivity index (χ4n) is 1.83. The average molecular weight is 344 g/mol. The lowest BCUT2D eigenvalue weighted by Crippen LogP contribution is -2.15. The van der Waals surface area contributed by atoms with E-state index >= 15 is 0 Å². The molecule has 0 fully saturated rings. The van der Waals surface area contributed by atoms with E-state index in [0.717, 1.165) is 0 Å². The molecule has 1 amide bonds. The maximum Gasteiger partial charge on any atom is 0.257 e. The summed E-state index contributed by atoms with van der Waals surface area (Å²) in [6.45, 7) is 2.64. The Bertz CT molecular complexity index is 674. The Hall–Kier alpha value is -1.42. The molecule has 0 atom stereocenters. The van der Waals surface area contributed by atoms with Crippen molar-refractivity contribution < 1.29 is 4.79 Å². The molecule has 0 aromatic heterocycles. The van der Waals surface area contributed by atoms with Crippen LogP contribution >= 0.6 is 34.8 Å². The summed E-state index contributed by atoms with van der Waals surface area (Å²) in [7, 11) is 0. The van der Waals surface area contributed by atoms with E-state index in [1.807, 2.05) is 6.92 Å². The van der Waals surface area contributed by atoms with Gasteiger partial charge >= 0.3 is 0 Å². The topological polar surface area (TPSA) is 41.1 Å². The molecule has 2 rings (SSSR count). The largest absolute Gasteiger partial charge is 0.385 e. The highest BCUT2D eigenvalue weighted by Crippen LogP contribution is 2.27. The molecule has 0 aliphatic carbocycles. The van der Waals surface area contributed by atoms with E-state index in [0.29, 0.717) is 38.6 Å². The monoisotopic (exact) mass is 342 g/mol. The SMILES string of the molecule is CCNc1ccc(Cl)cc1C(=O)Nc1cc(Cl)ccc1Cl. The number of halogens is 3. The molecule has 0 aliphatic heterocycles. The third kappa shape index (κ3) is 4.03. The molecule has 0 bridgehead atoms. The maximum absolute atomic E-state index is 12.4. The fraction of sp³-hybridized carbons (Fsp3) is 0.133. The molecular formula is C15H13Cl3N2O. The first-order valence-corrected chi connectivity index (χ1v) is 7.44. The van der Waals surface area contributed by atoms with Gasteiger partial charge in [0.2, 0.25) is 0 Å². The molecule has 0 spiro atoms. The van der Waals surface area contributed by atoms with Crippen LogP contribution in [0.25, 0.3) is 0 Å². The van der Waals surface area contributed by atoms with E-state index in [2.05, 4.69) is 10.6 Å². The van der Waals surface area contributed by atoms with Crippen molar-refractivity contribution in [2.75, 3.05) is 17.2 Å². The third-order valence-corrected chi connectivity index (χ3v) is 3.57. The number of carbonyl (C=O) groups excluding carboxylic acids is 1. The molecular weight excluding hydrogens is 331 g/mol. The predicted octanol–water partition coefficient (Wildman–Crippen LogP) is 5.33. The van der Waals surface area contributed by atoms with Crippen LogP contribution in [0.1, 0.15) is 17.3 Å². The number of benzene rings is 2. The minimum atomic E-state index is -0.308. The highest BCUT2D eigenvalue weighted by molar-refractivity contribution is 6.36. The highest BCUT2D eigenvalue weighted by Gasteiger charge is 2.14. The zero-order chi connectivity index (χ0) is 15.4. The Labute approximate surface area is 138 Å². The van der Waals surface area contributed by atoms with Crippen molar-refractivity contribution in [3.63, 3.8) is 0 Å². The van der Waals surface area contributed by atoms with E-state index in [-0.39, 0.29) is 5.91 Å². The number of carbonyl (C=O) groups is 1. The van der Waals surface area contributed by atoms with Gasteiger partial charge in [-0.25, -0.2) is 0 Å². The van der Waals surface area contributed by atoms with Crippen LogP contribution in [-0.2, 0) is 0 Å². The minimum Gasteiger partial charge on any atom is -0.385 e. The minimum absolute atomic E-state index is 0.308. The highest BCUT2D eigenvalue weighted by atomic mass is 35.5. The number of amides is 1. The molecule has 0 heterocycles. The first-order valence-electron chi connectivity index (χ1n) is 6.31. The molecule has 0 saturated carbocycles. The third-order valence-electron chi connectivity index (χ3n) is 2.77. The van der Waals surface area contributed by atoms with Crippen LogP contribution in [0.5, 0.6) is 0 Å². The predicted molar refractivity (Wildman–Crippen MR) is 90.0 cm³/mol. The van der Waals surface area contributed by atoms with Gasteiger partial charge in [-0.1, -0.05) is 34.8 Å². The Morgan fingerprint density at radius 3 is 2.38 bits per heavy atom. The van der Waals surface area contributed by atoms with Gasteiger partial charge in [-0.3, -0.25) is 4.79 Å². The van der Waals surface area contributed by atoms with Gasteiger partial charge in [0.15, 0.2) is 0 Å². The Kier molecular flexibility index (Phi) is 5.34. The van der Waals surface area contributed by atoms with Crippen molar-refractivity contribution in [3.8, 4) is 0 Å². The number of rotatable bonds is 4. The molecule has 0 unspecified atom stereocenters. The second-order valence-corrected chi connectivity index (χ2v) is 5.58. The summed E-state index contributed by atoms with van der Waals surface area (Å²) in [5.74, 6) is -0.308. The van der Waals surface area contributed by atoms with Gasteiger partial charge in [0.05, 0.1) is 16.3 Å². The molecule has 6 heteroatoms. The first-order chi connectivity index (χ1) is 10.0. The van der Waals surface area contributed by atoms with E-state index in [1.54, 1.807) is 36.4 Å². The van der Waals surface area contributed by atoms with Crippen molar-refractivity contribution >= 4 is 52.1 Å². The van der Waals surface area contributed by atoms with Crippen molar-refractivity contribution in [2.45, 2.75) is 6.92 Å². The standard InChI is InChI=1S/C15H13Cl3N2O/c1-2-19-13-6-4-9(16)7-11(13)15(21)20-14-8-10(17)3-5-12(14)18/h3-8,19H,2H2,1H3,(H,20,21). The molecule has 21 heavy (non-hydrogen) atoms. The molecule has 2 aromatic rings. The van der Waals surface area contributed by atoms with Crippen LogP contribution in [0.4, 0.5) is 11.4 Å². The van der Waals surface area contributed by atoms with Crippen molar-refractivity contribution in [3.05, 3.63) is 57.0 Å². The quantitative estimate of drug-likeness (QED) is 0.787. The summed E-state index contributed by atoms with van der Waals surface area (Å²) in [6, 6.07) is 9.97. The molecule has 0 saturated heterocycles. The van der Waals surface area contributed by atoms with Crippen molar-refractivity contribution in [1.82, 2.24) is 0 Å². The van der Waals surface area contributed by atoms with E-state index in [1.165, 1.54) is 0 Å². The van der Waals surface area contributed by atoms with Gasteiger partial charge in [0.25, 0.3) is 5.91 Å². The molecule has 2 aromatic carbocycles. The maximum atomic E-state index is 12.4. The van der Waals surface area contributed by atoms with Crippen LogP contribution in [0.3, 0.4) is 0 Å². The van der Waals surface area contributed by atoms with Crippen LogP contribution < -0.4 is 10.6 Å². The Morgan fingerprint density at radius 1 is 1.00 bits per heavy atom. The van der Waals surface area contributed by atoms with E-state index < -0.39 is 0 Å². The molecule has 110 valence electrons. The van der Waals surface area contributed by atoms with Gasteiger partial charge in [-0.15, -0.1) is 0 Å². The van der Waals surface area contributed by atoms with Crippen LogP contribution in [0.15, 0.2) is 36.4 Å². The summed E-state index contributed by atoms with van der Waals surface area (Å²) in [5, 5.41) is 7.25. The lowest BCUT2D eigenvalue weighted by molar-refractivity contribution is 0.102. The number of hydrogen-bond donors (Lipinski definition) is 2. The van der Waals surface area contributed by atoms with Gasteiger partial charge in [0, 0.05) is 22.3 Å². The zero-order valence-corrected chi connectivity index (χ0v) is 13.5. The van der Waals surface area contributed by atoms with Crippen molar-refractivity contribution in [2.24, 2.45) is 0 Å². The second-order valence-electron chi connectivity index (χ2n) is 4.30. The zero-order valence-electron chi connectivity index (χ0n) is 11.2. The summed E-state index contributed by atoms with van der Waals surface area (Å²) in [5.41, 5.74) is 1.61. The number of nitrogens with one attached hydrogen (secondary N) is 2. The molecule has 3 nitrogen and oxygen atoms in total. The Balaban J connectivity index is 2.31. The molecule has 0 aliphatic rings. The summed E-state index contributed by atoms with van der Waals surface area (Å²) >= 11 is 17.9. The van der Waals surface area contributed by atoms with Gasteiger partial charge in [-0.05, 0) is 43.3 Å². The molecule has 0 radical (unpaired) electrons. The smallest absolute Gasteiger partial charge is 0.257 e. The first kappa shape index (κ1) is 16.0. The van der Waals surface area contributed by atoms with E-state index in [9.17, 15) is 4.79 Å². The van der Waals surface area contributed by atoms with Gasteiger partial charge < -0.3 is 10.6 Å². The number of anilines is 2. The number of hydrogen-bond acceptors (Lipinski definition) is 2. The summed E-state index contributed by atoms with van der Waals surface area (Å²) < 4.78 is 0. The van der Waals surface area contributed by atoms with Crippen LogP contribution in [-0.4, -0.2) is 12.5 Å². The van der Waals surface area contributed by atoms with Gasteiger partial charge in [-0.2, -0.15) is 0 Å². The normalized spacial score (nSPS) is 10.3. The molecule has 2 N–H and O–H groups in total. The van der Waals surface area contributed by atoms with Crippen LogP contribution in [0.2, 0.25) is 15.1 Å².